The Morgan fingerprint density at radius 2 is 1.91 bits per heavy atom. The highest BCUT2D eigenvalue weighted by Crippen LogP contribution is 2.20. The van der Waals surface area contributed by atoms with Crippen LogP contribution in [0, 0.1) is 0 Å². The fourth-order valence-electron chi connectivity index (χ4n) is 2.04. The van der Waals surface area contributed by atoms with E-state index in [1.165, 1.54) is 12.5 Å². The lowest BCUT2D eigenvalue weighted by Gasteiger charge is -2.05. The number of nitrogens with zero attached hydrogens (tertiary/aromatic N) is 3. The van der Waals surface area contributed by atoms with Crippen LogP contribution in [0.2, 0.25) is 0 Å². The minimum atomic E-state index is -0.595. The number of nitrogens with one attached hydrogen (secondary N) is 2. The van der Waals surface area contributed by atoms with Crippen LogP contribution in [0.1, 0.15) is 20.8 Å². The summed E-state index contributed by atoms with van der Waals surface area (Å²) in [6, 6.07) is 9.94. The van der Waals surface area contributed by atoms with E-state index in [1.54, 1.807) is 36.4 Å². The number of primary amides is 1. The van der Waals surface area contributed by atoms with Crippen molar-refractivity contribution in [3.05, 3.63) is 60.2 Å². The molecule has 0 atom stereocenters. The van der Waals surface area contributed by atoms with Crippen LogP contribution in [0.3, 0.4) is 0 Å². The molecule has 23 heavy (non-hydrogen) atoms. The molecule has 0 fully saturated rings. The van der Waals surface area contributed by atoms with Gasteiger partial charge in [-0.1, -0.05) is 12.1 Å². The molecule has 2 amide bonds. The summed E-state index contributed by atoms with van der Waals surface area (Å²) >= 11 is 0. The van der Waals surface area contributed by atoms with Crippen molar-refractivity contribution in [2.75, 3.05) is 5.32 Å². The summed E-state index contributed by atoms with van der Waals surface area (Å²) in [6.45, 7) is 0. The Bertz CT molecular complexity index is 842. The highest BCUT2D eigenvalue weighted by Gasteiger charge is 2.14. The molecule has 0 bridgehead atoms. The summed E-state index contributed by atoms with van der Waals surface area (Å²) in [5, 5.41) is 10.1. The Hall–Kier alpha value is -3.55. The van der Waals surface area contributed by atoms with E-state index in [-0.39, 0.29) is 11.6 Å². The van der Waals surface area contributed by atoms with Crippen molar-refractivity contribution in [2.24, 2.45) is 5.73 Å². The minimum absolute atomic E-state index is 0.224. The number of hydrogen-bond donors (Lipinski definition) is 3. The molecule has 3 rings (SSSR count). The van der Waals surface area contributed by atoms with Gasteiger partial charge in [-0.25, -0.2) is 4.98 Å². The van der Waals surface area contributed by atoms with Gasteiger partial charge in [0.05, 0.1) is 6.33 Å². The van der Waals surface area contributed by atoms with Crippen molar-refractivity contribution >= 4 is 17.6 Å². The predicted octanol–water partition coefficient (Wildman–Crippen LogP) is 1.22. The Morgan fingerprint density at radius 1 is 1.13 bits per heavy atom. The summed E-state index contributed by atoms with van der Waals surface area (Å²) < 4.78 is 0. The van der Waals surface area contributed by atoms with Gasteiger partial charge < -0.3 is 16.0 Å². The van der Waals surface area contributed by atoms with Crippen molar-refractivity contribution in [3.8, 4) is 11.3 Å². The lowest BCUT2D eigenvalue weighted by Crippen LogP contribution is -2.13. The molecule has 8 nitrogen and oxygen atoms in total. The number of carbonyl (C=O) groups is 2. The van der Waals surface area contributed by atoms with E-state index in [2.05, 4.69) is 25.5 Å². The van der Waals surface area contributed by atoms with Crippen LogP contribution in [0.4, 0.5) is 5.82 Å². The highest BCUT2D eigenvalue weighted by molar-refractivity contribution is 6.04. The summed E-state index contributed by atoms with van der Waals surface area (Å²) in [7, 11) is 0. The first-order valence-corrected chi connectivity index (χ1v) is 6.68. The molecule has 2 heterocycles. The minimum Gasteiger partial charge on any atom is -0.364 e. The van der Waals surface area contributed by atoms with Crippen LogP contribution >= 0.6 is 0 Å². The number of hydrogen-bond acceptors (Lipinski definition) is 5. The first-order valence-electron chi connectivity index (χ1n) is 6.68. The Morgan fingerprint density at radius 3 is 2.57 bits per heavy atom. The van der Waals surface area contributed by atoms with Gasteiger partial charge in [0.2, 0.25) is 0 Å². The van der Waals surface area contributed by atoms with Crippen LogP contribution in [-0.2, 0) is 0 Å². The number of nitrogens with two attached hydrogens (primary N) is 1. The second kappa shape index (κ2) is 6.06. The number of H-pyrrole nitrogens is 1. The van der Waals surface area contributed by atoms with Gasteiger partial charge in [0.25, 0.3) is 11.8 Å². The van der Waals surface area contributed by atoms with Crippen LogP contribution in [-0.4, -0.2) is 32.0 Å². The Kier molecular flexibility index (Phi) is 3.79. The van der Waals surface area contributed by atoms with Crippen LogP contribution in [0.15, 0.2) is 48.9 Å². The molecular formula is C15H12N6O2. The quantitative estimate of drug-likeness (QED) is 0.668. The van der Waals surface area contributed by atoms with E-state index in [0.717, 1.165) is 0 Å². The molecule has 0 radical (unpaired) electrons. The lowest BCUT2D eigenvalue weighted by atomic mass is 10.1. The normalized spacial score (nSPS) is 10.3. The molecule has 0 aliphatic carbocycles. The van der Waals surface area contributed by atoms with E-state index in [1.807, 2.05) is 0 Å². The molecule has 114 valence electrons. The molecule has 0 spiro atoms. The maximum absolute atomic E-state index is 12.1. The summed E-state index contributed by atoms with van der Waals surface area (Å²) in [4.78, 5) is 30.2. The van der Waals surface area contributed by atoms with Gasteiger partial charge >= 0.3 is 0 Å². The van der Waals surface area contributed by atoms with Crippen molar-refractivity contribution in [3.63, 3.8) is 0 Å². The zero-order chi connectivity index (χ0) is 16.2. The van der Waals surface area contributed by atoms with Crippen LogP contribution in [0.25, 0.3) is 11.3 Å². The summed E-state index contributed by atoms with van der Waals surface area (Å²) in [5.74, 6) is -0.541. The van der Waals surface area contributed by atoms with Gasteiger partial charge in [0.15, 0.2) is 5.82 Å². The number of imidazole rings is 1. The Balaban J connectivity index is 1.80. The fourth-order valence-corrected chi connectivity index (χ4v) is 2.04. The maximum atomic E-state index is 12.1. The molecule has 0 aliphatic rings. The van der Waals surface area contributed by atoms with Crippen molar-refractivity contribution in [1.82, 2.24) is 20.2 Å². The van der Waals surface area contributed by atoms with Gasteiger partial charge in [-0.15, -0.1) is 5.10 Å². The number of aromatic amines is 1. The second-order valence-electron chi connectivity index (χ2n) is 4.63. The SMILES string of the molecule is NC(=O)c1[nH]cnc1-c1ccc(C(=O)Nc2cccnn2)cc1. The average Bonchev–Trinajstić information content (AvgIpc) is 3.06. The monoisotopic (exact) mass is 308 g/mol. The van der Waals surface area contributed by atoms with Crippen molar-refractivity contribution in [2.45, 2.75) is 0 Å². The standard InChI is InChI=1S/C15H12N6O2/c16-14(22)13-12(17-8-18-13)9-3-5-10(6-4-9)15(23)20-11-2-1-7-19-21-11/h1-8H,(H2,16,22)(H,17,18)(H,20,21,23). The molecule has 0 saturated carbocycles. The molecule has 2 aromatic heterocycles. The average molecular weight is 308 g/mol. The third-order valence-electron chi connectivity index (χ3n) is 3.12. The molecule has 1 aromatic carbocycles. The molecule has 4 N–H and O–H groups in total. The largest absolute Gasteiger partial charge is 0.364 e. The van der Waals surface area contributed by atoms with E-state index in [4.69, 9.17) is 5.73 Å². The van der Waals surface area contributed by atoms with Crippen molar-refractivity contribution in [1.29, 1.82) is 0 Å². The predicted molar refractivity (Wildman–Crippen MR) is 82.5 cm³/mol. The van der Waals surface area contributed by atoms with E-state index < -0.39 is 5.91 Å². The number of amides is 2. The molecular weight excluding hydrogens is 296 g/mol. The van der Waals surface area contributed by atoms with Gasteiger partial charge in [-0.2, -0.15) is 5.10 Å². The van der Waals surface area contributed by atoms with E-state index >= 15 is 0 Å². The first kappa shape index (κ1) is 14.4. The molecule has 0 saturated heterocycles. The van der Waals surface area contributed by atoms with E-state index in [0.29, 0.717) is 22.6 Å². The number of rotatable bonds is 4. The Labute approximate surface area is 130 Å². The van der Waals surface area contributed by atoms with Gasteiger partial charge in [-0.3, -0.25) is 9.59 Å². The second-order valence-corrected chi connectivity index (χ2v) is 4.63. The molecule has 3 aromatic rings. The number of anilines is 1. The first-order chi connectivity index (χ1) is 11.1. The van der Waals surface area contributed by atoms with Crippen LogP contribution in [0.5, 0.6) is 0 Å². The van der Waals surface area contributed by atoms with E-state index in [9.17, 15) is 9.59 Å². The molecule has 8 heteroatoms. The fraction of sp³-hybridized carbons (Fsp3) is 0. The zero-order valence-corrected chi connectivity index (χ0v) is 11.9. The zero-order valence-electron chi connectivity index (χ0n) is 11.9. The lowest BCUT2D eigenvalue weighted by molar-refractivity contribution is 0.0994. The smallest absolute Gasteiger partial charge is 0.267 e. The van der Waals surface area contributed by atoms with Gasteiger partial charge in [-0.05, 0) is 24.3 Å². The molecule has 0 unspecified atom stereocenters. The van der Waals surface area contributed by atoms with Gasteiger partial charge in [0, 0.05) is 17.3 Å². The highest BCUT2D eigenvalue weighted by atomic mass is 16.2. The number of benzene rings is 1. The van der Waals surface area contributed by atoms with Crippen LogP contribution < -0.4 is 11.1 Å². The van der Waals surface area contributed by atoms with Gasteiger partial charge in [0.1, 0.15) is 11.4 Å². The third-order valence-corrected chi connectivity index (χ3v) is 3.12. The third kappa shape index (κ3) is 3.05. The van der Waals surface area contributed by atoms with Crippen molar-refractivity contribution < 1.29 is 9.59 Å². The topological polar surface area (TPSA) is 127 Å². The maximum Gasteiger partial charge on any atom is 0.267 e. The number of aromatic nitrogens is 4. The molecule has 0 aliphatic heterocycles. The number of carbonyl (C=O) groups excluding carboxylic acids is 2. The summed E-state index contributed by atoms with van der Waals surface area (Å²) in [5.41, 5.74) is 7.06. The summed E-state index contributed by atoms with van der Waals surface area (Å²) in [6.07, 6.45) is 2.91.